The Balaban J connectivity index is 2.47. The summed E-state index contributed by atoms with van der Waals surface area (Å²) in [6.07, 6.45) is 4.25. The maximum atomic E-state index is 5.95. The minimum Gasteiger partial charge on any atom is -0.375 e. The molecule has 1 fully saturated rings. The fourth-order valence-corrected chi connectivity index (χ4v) is 4.30. The summed E-state index contributed by atoms with van der Waals surface area (Å²) in [5.74, 6) is 0. The Hall–Kier alpha value is 0.0169. The molecule has 1 rings (SSSR count). The Kier molecular flexibility index (Phi) is 8.13. The molecule has 1 heterocycles. The quantitative estimate of drug-likeness (QED) is 0.313. The van der Waals surface area contributed by atoms with E-state index in [1.165, 1.54) is 0 Å². The van der Waals surface area contributed by atoms with E-state index in [4.69, 9.17) is 22.8 Å². The Morgan fingerprint density at radius 1 is 1.21 bits per heavy atom. The molecule has 1 saturated heterocycles. The summed E-state index contributed by atoms with van der Waals surface area (Å²) in [5, 5.41) is 0. The average Bonchev–Trinajstić information content (AvgIpc) is 3.25. The minimum absolute atomic E-state index is 0.0887. The molecule has 0 bridgehead atoms. The third-order valence-electron chi connectivity index (χ3n) is 3.30. The SMILES string of the molecule is CCCCOC(CC)[Si](OC)(OC)OCCC1CO1. The van der Waals surface area contributed by atoms with E-state index in [0.717, 1.165) is 38.9 Å². The summed E-state index contributed by atoms with van der Waals surface area (Å²) < 4.78 is 28.2. The summed E-state index contributed by atoms with van der Waals surface area (Å²) in [7, 11) is 0.556. The van der Waals surface area contributed by atoms with Gasteiger partial charge in [-0.15, -0.1) is 0 Å². The van der Waals surface area contributed by atoms with E-state index in [-0.39, 0.29) is 5.73 Å². The zero-order chi connectivity index (χ0) is 14.1. The molecule has 114 valence electrons. The molecule has 0 aromatic carbocycles. The highest BCUT2D eigenvalue weighted by molar-refractivity contribution is 6.62. The molecule has 1 aliphatic rings. The number of rotatable bonds is 12. The molecule has 0 spiro atoms. The van der Waals surface area contributed by atoms with Crippen LogP contribution in [0.3, 0.4) is 0 Å². The number of epoxide rings is 1. The van der Waals surface area contributed by atoms with Crippen LogP contribution in [0.1, 0.15) is 39.5 Å². The fourth-order valence-electron chi connectivity index (χ4n) is 1.96. The van der Waals surface area contributed by atoms with Crippen molar-refractivity contribution >= 4 is 8.80 Å². The first kappa shape index (κ1) is 17.1. The maximum Gasteiger partial charge on any atom is 0.530 e. The van der Waals surface area contributed by atoms with Crippen molar-refractivity contribution in [2.24, 2.45) is 0 Å². The van der Waals surface area contributed by atoms with Gasteiger partial charge in [-0.3, -0.25) is 0 Å². The van der Waals surface area contributed by atoms with E-state index in [1.807, 2.05) is 0 Å². The summed E-state index contributed by atoms with van der Waals surface area (Å²) in [6, 6.07) is 0. The second-order valence-electron chi connectivity index (χ2n) is 4.73. The molecule has 19 heavy (non-hydrogen) atoms. The van der Waals surface area contributed by atoms with Gasteiger partial charge in [-0.05, 0) is 19.3 Å². The van der Waals surface area contributed by atoms with Crippen molar-refractivity contribution in [1.82, 2.24) is 0 Å². The summed E-state index contributed by atoms with van der Waals surface area (Å²) >= 11 is 0. The molecule has 0 amide bonds. The van der Waals surface area contributed by atoms with Crippen LogP contribution in [0.5, 0.6) is 0 Å². The van der Waals surface area contributed by atoms with Gasteiger partial charge in [0.2, 0.25) is 0 Å². The van der Waals surface area contributed by atoms with Crippen molar-refractivity contribution in [3.05, 3.63) is 0 Å². The van der Waals surface area contributed by atoms with Crippen LogP contribution in [0, 0.1) is 0 Å². The third kappa shape index (κ3) is 5.49. The van der Waals surface area contributed by atoms with Crippen molar-refractivity contribution in [3.63, 3.8) is 0 Å². The molecule has 0 aliphatic carbocycles. The van der Waals surface area contributed by atoms with Crippen LogP contribution >= 0.6 is 0 Å². The van der Waals surface area contributed by atoms with Gasteiger partial charge in [0, 0.05) is 27.4 Å². The Bertz CT molecular complexity index is 231. The third-order valence-corrected chi connectivity index (χ3v) is 6.40. The lowest BCUT2D eigenvalue weighted by atomic mass is 10.4. The topological polar surface area (TPSA) is 49.5 Å². The van der Waals surface area contributed by atoms with E-state index in [1.54, 1.807) is 14.2 Å². The van der Waals surface area contributed by atoms with Crippen LogP contribution in [-0.2, 0) is 22.8 Å². The minimum atomic E-state index is -2.74. The number of hydrogen-bond acceptors (Lipinski definition) is 5. The zero-order valence-corrected chi connectivity index (χ0v) is 13.6. The van der Waals surface area contributed by atoms with Crippen LogP contribution in [0.4, 0.5) is 0 Å². The maximum absolute atomic E-state index is 5.95. The van der Waals surface area contributed by atoms with Gasteiger partial charge >= 0.3 is 8.80 Å². The van der Waals surface area contributed by atoms with Gasteiger partial charge in [-0.25, -0.2) is 0 Å². The van der Waals surface area contributed by atoms with Crippen LogP contribution in [0.15, 0.2) is 0 Å². The largest absolute Gasteiger partial charge is 0.530 e. The molecular formula is C13H28O5Si. The highest BCUT2D eigenvalue weighted by Crippen LogP contribution is 2.21. The fraction of sp³-hybridized carbons (Fsp3) is 1.00. The van der Waals surface area contributed by atoms with E-state index in [2.05, 4.69) is 13.8 Å². The molecule has 0 aromatic heterocycles. The average molecular weight is 292 g/mol. The summed E-state index contributed by atoms with van der Waals surface area (Å²) in [5.41, 5.74) is -0.0887. The first-order chi connectivity index (χ1) is 9.22. The Labute approximate surface area is 117 Å². The highest BCUT2D eigenvalue weighted by Gasteiger charge is 2.48. The lowest BCUT2D eigenvalue weighted by molar-refractivity contribution is 0.000164. The highest BCUT2D eigenvalue weighted by atomic mass is 28.4. The molecular weight excluding hydrogens is 264 g/mol. The lowest BCUT2D eigenvalue weighted by Crippen LogP contribution is -2.56. The number of ether oxygens (including phenoxy) is 2. The van der Waals surface area contributed by atoms with Gasteiger partial charge in [0.15, 0.2) is 0 Å². The molecule has 0 N–H and O–H groups in total. The monoisotopic (exact) mass is 292 g/mol. The zero-order valence-electron chi connectivity index (χ0n) is 12.6. The Morgan fingerprint density at radius 2 is 1.89 bits per heavy atom. The first-order valence-corrected chi connectivity index (χ1v) is 9.00. The van der Waals surface area contributed by atoms with E-state index < -0.39 is 8.80 Å². The van der Waals surface area contributed by atoms with Crippen molar-refractivity contribution in [2.45, 2.75) is 51.4 Å². The van der Waals surface area contributed by atoms with E-state index in [9.17, 15) is 0 Å². The van der Waals surface area contributed by atoms with Gasteiger partial charge in [0.1, 0.15) is 5.73 Å². The van der Waals surface area contributed by atoms with Crippen molar-refractivity contribution in [2.75, 3.05) is 34.0 Å². The normalized spacial score (nSPS) is 20.5. The summed E-state index contributed by atoms with van der Waals surface area (Å²) in [4.78, 5) is 0. The molecule has 6 heteroatoms. The smallest absolute Gasteiger partial charge is 0.375 e. The van der Waals surface area contributed by atoms with E-state index in [0.29, 0.717) is 12.7 Å². The molecule has 2 atom stereocenters. The second-order valence-corrected chi connectivity index (χ2v) is 7.68. The molecule has 0 radical (unpaired) electrons. The van der Waals surface area contributed by atoms with Crippen LogP contribution in [0.2, 0.25) is 0 Å². The Morgan fingerprint density at radius 3 is 2.37 bits per heavy atom. The number of unbranched alkanes of at least 4 members (excludes halogenated alkanes) is 1. The van der Waals surface area contributed by atoms with Crippen LogP contribution in [-0.4, -0.2) is 54.7 Å². The van der Waals surface area contributed by atoms with Crippen molar-refractivity contribution in [3.8, 4) is 0 Å². The second kappa shape index (κ2) is 9.04. The molecule has 0 aromatic rings. The van der Waals surface area contributed by atoms with Gasteiger partial charge in [-0.1, -0.05) is 20.3 Å². The van der Waals surface area contributed by atoms with Gasteiger partial charge in [0.05, 0.1) is 12.7 Å². The van der Waals surface area contributed by atoms with Gasteiger partial charge in [-0.2, -0.15) is 0 Å². The molecule has 2 unspecified atom stereocenters. The number of hydrogen-bond donors (Lipinski definition) is 0. The predicted molar refractivity (Wildman–Crippen MR) is 75.0 cm³/mol. The van der Waals surface area contributed by atoms with Crippen LogP contribution < -0.4 is 0 Å². The summed E-state index contributed by atoms with van der Waals surface area (Å²) in [6.45, 7) is 6.40. The lowest BCUT2D eigenvalue weighted by Gasteiger charge is -2.33. The van der Waals surface area contributed by atoms with Crippen molar-refractivity contribution < 1.29 is 22.8 Å². The first-order valence-electron chi connectivity index (χ1n) is 7.19. The van der Waals surface area contributed by atoms with Crippen LogP contribution in [0.25, 0.3) is 0 Å². The van der Waals surface area contributed by atoms with E-state index >= 15 is 0 Å². The predicted octanol–water partition coefficient (Wildman–Crippen LogP) is 2.16. The van der Waals surface area contributed by atoms with Crippen molar-refractivity contribution in [1.29, 1.82) is 0 Å². The standard InChI is InChI=1S/C13H28O5Si/c1-5-7-9-16-13(6-2)19(14-3,15-4)18-10-8-12-11-17-12/h12-13H,5-11H2,1-4H3. The molecule has 5 nitrogen and oxygen atoms in total. The van der Waals surface area contributed by atoms with Gasteiger partial charge in [0.25, 0.3) is 0 Å². The molecule has 0 saturated carbocycles. The van der Waals surface area contributed by atoms with Gasteiger partial charge < -0.3 is 22.8 Å². The molecule has 1 aliphatic heterocycles.